The van der Waals surface area contributed by atoms with E-state index in [9.17, 15) is 0 Å². The minimum Gasteiger partial charge on any atom is -0.496 e. The highest BCUT2D eigenvalue weighted by atomic mass is 16.5. The van der Waals surface area contributed by atoms with Gasteiger partial charge < -0.3 is 19.5 Å². The molecule has 0 spiro atoms. The third kappa shape index (κ3) is 3.20. The van der Waals surface area contributed by atoms with E-state index in [4.69, 9.17) is 14.2 Å². The van der Waals surface area contributed by atoms with Crippen molar-refractivity contribution in [2.45, 2.75) is 26.3 Å². The first-order chi connectivity index (χ1) is 11.8. The molecule has 1 aliphatic rings. The molecular formula is C20H25NO3. The summed E-state index contributed by atoms with van der Waals surface area (Å²) in [5.41, 5.74) is 3.68. The smallest absolute Gasteiger partial charge is 0.161 e. The minimum atomic E-state index is 0.0970. The zero-order valence-corrected chi connectivity index (χ0v) is 14.6. The molecule has 0 amide bonds. The summed E-state index contributed by atoms with van der Waals surface area (Å²) < 4.78 is 17.1. The Hall–Kier alpha value is -2.20. The quantitative estimate of drug-likeness (QED) is 0.877. The molecule has 3 rings (SSSR count). The van der Waals surface area contributed by atoms with Gasteiger partial charge >= 0.3 is 0 Å². The number of hydrogen-bond acceptors (Lipinski definition) is 4. The van der Waals surface area contributed by atoms with Gasteiger partial charge in [-0.2, -0.15) is 0 Å². The van der Waals surface area contributed by atoms with Crippen LogP contribution in [0, 0.1) is 0 Å². The number of methoxy groups -OCH3 is 1. The topological polar surface area (TPSA) is 39.7 Å². The molecule has 0 saturated carbocycles. The van der Waals surface area contributed by atoms with E-state index < -0.39 is 0 Å². The lowest BCUT2D eigenvalue weighted by molar-refractivity contribution is 0.286. The first-order valence-electron chi connectivity index (χ1n) is 8.57. The van der Waals surface area contributed by atoms with Crippen LogP contribution in [0.5, 0.6) is 17.2 Å². The van der Waals surface area contributed by atoms with Crippen LogP contribution in [-0.2, 0) is 6.42 Å². The highest BCUT2D eigenvalue weighted by molar-refractivity contribution is 5.53. The molecule has 4 nitrogen and oxygen atoms in total. The van der Waals surface area contributed by atoms with E-state index in [-0.39, 0.29) is 6.04 Å². The van der Waals surface area contributed by atoms with Crippen molar-refractivity contribution in [3.63, 3.8) is 0 Å². The van der Waals surface area contributed by atoms with Crippen molar-refractivity contribution in [3.05, 3.63) is 53.1 Å². The monoisotopic (exact) mass is 327 g/mol. The summed E-state index contributed by atoms with van der Waals surface area (Å²) in [6, 6.07) is 12.5. The van der Waals surface area contributed by atoms with Gasteiger partial charge in [-0.15, -0.1) is 0 Å². The Balaban J connectivity index is 2.07. The Morgan fingerprint density at radius 2 is 1.67 bits per heavy atom. The van der Waals surface area contributed by atoms with E-state index in [1.807, 2.05) is 32.0 Å². The maximum absolute atomic E-state index is 5.81. The second-order valence-electron chi connectivity index (χ2n) is 5.74. The largest absolute Gasteiger partial charge is 0.496 e. The number of ether oxygens (including phenoxy) is 3. The minimum absolute atomic E-state index is 0.0970. The van der Waals surface area contributed by atoms with E-state index >= 15 is 0 Å². The van der Waals surface area contributed by atoms with Crippen molar-refractivity contribution in [2.75, 3.05) is 26.9 Å². The first kappa shape index (κ1) is 16.7. The Labute approximate surface area is 143 Å². The summed E-state index contributed by atoms with van der Waals surface area (Å²) in [5, 5.41) is 3.61. The van der Waals surface area contributed by atoms with Crippen LogP contribution in [0.3, 0.4) is 0 Å². The molecule has 0 fully saturated rings. The van der Waals surface area contributed by atoms with Crippen molar-refractivity contribution in [1.82, 2.24) is 5.32 Å². The van der Waals surface area contributed by atoms with E-state index in [0.717, 1.165) is 35.8 Å². The van der Waals surface area contributed by atoms with Gasteiger partial charge in [0, 0.05) is 12.1 Å². The van der Waals surface area contributed by atoms with Crippen LogP contribution >= 0.6 is 0 Å². The summed E-state index contributed by atoms with van der Waals surface area (Å²) in [6.07, 6.45) is 0.980. The van der Waals surface area contributed by atoms with Crippen LogP contribution in [0.2, 0.25) is 0 Å². The zero-order valence-electron chi connectivity index (χ0n) is 14.6. The Kier molecular flexibility index (Phi) is 5.26. The second-order valence-corrected chi connectivity index (χ2v) is 5.74. The molecule has 1 unspecified atom stereocenters. The van der Waals surface area contributed by atoms with Gasteiger partial charge in [-0.3, -0.25) is 0 Å². The molecule has 1 N–H and O–H groups in total. The van der Waals surface area contributed by atoms with Crippen LogP contribution in [-0.4, -0.2) is 26.9 Å². The van der Waals surface area contributed by atoms with Crippen LogP contribution in [0.4, 0.5) is 0 Å². The van der Waals surface area contributed by atoms with Gasteiger partial charge in [0.05, 0.1) is 26.4 Å². The lowest BCUT2D eigenvalue weighted by Crippen LogP contribution is -2.31. The third-order valence-electron chi connectivity index (χ3n) is 4.31. The molecule has 0 saturated heterocycles. The van der Waals surface area contributed by atoms with Gasteiger partial charge in [0.1, 0.15) is 5.75 Å². The zero-order chi connectivity index (χ0) is 16.9. The lowest BCUT2D eigenvalue weighted by Gasteiger charge is -2.29. The van der Waals surface area contributed by atoms with Crippen molar-refractivity contribution in [1.29, 1.82) is 0 Å². The fourth-order valence-corrected chi connectivity index (χ4v) is 3.28. The molecule has 4 heteroatoms. The molecule has 1 heterocycles. The van der Waals surface area contributed by atoms with Crippen LogP contribution in [0.1, 0.15) is 36.6 Å². The van der Waals surface area contributed by atoms with E-state index in [0.29, 0.717) is 13.2 Å². The maximum Gasteiger partial charge on any atom is 0.161 e. The standard InChI is InChI=1S/C20H25NO3/c1-4-23-18-12-14-10-11-21-20(16(14)13-19(18)24-5-2)15-8-6-7-9-17(15)22-3/h6-9,12-13,20-21H,4-5,10-11H2,1-3H3. The number of hydrogen-bond donors (Lipinski definition) is 1. The fraction of sp³-hybridized carbons (Fsp3) is 0.400. The molecule has 0 bridgehead atoms. The summed E-state index contributed by atoms with van der Waals surface area (Å²) in [6.45, 7) is 6.16. The number of para-hydroxylation sites is 1. The van der Waals surface area contributed by atoms with Crippen molar-refractivity contribution in [3.8, 4) is 17.2 Å². The van der Waals surface area contributed by atoms with Gasteiger partial charge in [0.15, 0.2) is 11.5 Å². The molecule has 128 valence electrons. The number of rotatable bonds is 6. The summed E-state index contributed by atoms with van der Waals surface area (Å²) in [5.74, 6) is 2.54. The van der Waals surface area contributed by atoms with Gasteiger partial charge in [0.2, 0.25) is 0 Å². The summed E-state index contributed by atoms with van der Waals surface area (Å²) in [7, 11) is 1.71. The van der Waals surface area contributed by atoms with Crippen LogP contribution < -0.4 is 19.5 Å². The molecule has 2 aromatic carbocycles. The average molecular weight is 327 g/mol. The Bertz CT molecular complexity index is 699. The number of nitrogens with one attached hydrogen (secondary N) is 1. The molecule has 2 aromatic rings. The Morgan fingerprint density at radius 3 is 2.38 bits per heavy atom. The van der Waals surface area contributed by atoms with Gasteiger partial charge in [-0.25, -0.2) is 0 Å². The number of benzene rings is 2. The average Bonchev–Trinajstić information content (AvgIpc) is 2.62. The van der Waals surface area contributed by atoms with Crippen molar-refractivity contribution in [2.24, 2.45) is 0 Å². The highest BCUT2D eigenvalue weighted by Gasteiger charge is 2.26. The van der Waals surface area contributed by atoms with Gasteiger partial charge in [-0.05, 0) is 49.6 Å². The normalized spacial score (nSPS) is 16.4. The van der Waals surface area contributed by atoms with Crippen molar-refractivity contribution < 1.29 is 14.2 Å². The molecule has 0 radical (unpaired) electrons. The first-order valence-corrected chi connectivity index (χ1v) is 8.57. The lowest BCUT2D eigenvalue weighted by atomic mass is 9.89. The fourth-order valence-electron chi connectivity index (χ4n) is 3.28. The molecular weight excluding hydrogens is 302 g/mol. The van der Waals surface area contributed by atoms with Crippen LogP contribution in [0.15, 0.2) is 36.4 Å². The van der Waals surface area contributed by atoms with Crippen molar-refractivity contribution >= 4 is 0 Å². The van der Waals surface area contributed by atoms with Gasteiger partial charge in [0.25, 0.3) is 0 Å². The molecule has 0 aliphatic carbocycles. The molecule has 0 aromatic heterocycles. The second kappa shape index (κ2) is 7.58. The molecule has 1 atom stereocenters. The predicted octanol–water partition coefficient (Wildman–Crippen LogP) is 3.73. The SMILES string of the molecule is CCOc1cc2c(cc1OCC)C(c1ccccc1OC)NCC2. The molecule has 1 aliphatic heterocycles. The highest BCUT2D eigenvalue weighted by Crippen LogP contribution is 2.39. The van der Waals surface area contributed by atoms with Gasteiger partial charge in [-0.1, -0.05) is 18.2 Å². The number of fused-ring (bicyclic) bond motifs is 1. The Morgan fingerprint density at radius 1 is 0.958 bits per heavy atom. The van der Waals surface area contributed by atoms with E-state index in [1.165, 1.54) is 11.1 Å². The maximum atomic E-state index is 5.81. The van der Waals surface area contributed by atoms with E-state index in [2.05, 4.69) is 23.5 Å². The molecule has 24 heavy (non-hydrogen) atoms. The predicted molar refractivity (Wildman–Crippen MR) is 95.3 cm³/mol. The van der Waals surface area contributed by atoms with Crippen LogP contribution in [0.25, 0.3) is 0 Å². The summed E-state index contributed by atoms with van der Waals surface area (Å²) in [4.78, 5) is 0. The summed E-state index contributed by atoms with van der Waals surface area (Å²) >= 11 is 0. The van der Waals surface area contributed by atoms with E-state index in [1.54, 1.807) is 7.11 Å². The third-order valence-corrected chi connectivity index (χ3v) is 4.31.